The Balaban J connectivity index is 1.34. The van der Waals surface area contributed by atoms with Crippen molar-refractivity contribution in [2.75, 3.05) is 5.32 Å². The fraction of sp³-hybridized carbons (Fsp3) is 0.0690. The van der Waals surface area contributed by atoms with E-state index in [9.17, 15) is 9.59 Å². The van der Waals surface area contributed by atoms with E-state index in [1.54, 1.807) is 36.5 Å². The highest BCUT2D eigenvalue weighted by Crippen LogP contribution is 2.18. The first-order valence-corrected chi connectivity index (χ1v) is 11.2. The number of para-hydroxylation sites is 1. The van der Waals surface area contributed by atoms with E-state index >= 15 is 0 Å². The number of carbonyl (C=O) groups excluding carboxylic acids is 2. The van der Waals surface area contributed by atoms with Crippen LogP contribution in [-0.4, -0.2) is 18.0 Å². The monoisotopic (exact) mass is 463 g/mol. The number of nitrogens with one attached hydrogen (secondary N) is 2. The number of hydrogen-bond acceptors (Lipinski definition) is 4. The van der Waals surface area contributed by atoms with Crippen molar-refractivity contribution in [3.8, 4) is 5.75 Å². The normalized spacial score (nSPS) is 10.7. The van der Waals surface area contributed by atoms with Gasteiger partial charge in [-0.1, -0.05) is 60.7 Å². The van der Waals surface area contributed by atoms with Gasteiger partial charge in [-0.3, -0.25) is 9.59 Å². The van der Waals surface area contributed by atoms with Crippen molar-refractivity contribution < 1.29 is 14.3 Å². The van der Waals surface area contributed by atoms with Crippen LogP contribution >= 0.6 is 0 Å². The molecule has 0 saturated carbocycles. The summed E-state index contributed by atoms with van der Waals surface area (Å²) in [5.74, 6) is 0.113. The molecule has 4 rings (SSSR count). The van der Waals surface area contributed by atoms with Crippen LogP contribution in [0.5, 0.6) is 5.75 Å². The Morgan fingerprint density at radius 2 is 1.49 bits per heavy atom. The highest BCUT2D eigenvalue weighted by molar-refractivity contribution is 6.05. The number of hydrazone groups is 1. The van der Waals surface area contributed by atoms with E-state index in [0.29, 0.717) is 29.2 Å². The van der Waals surface area contributed by atoms with Crippen LogP contribution in [0.25, 0.3) is 0 Å². The van der Waals surface area contributed by atoms with Crippen molar-refractivity contribution in [1.82, 2.24) is 5.43 Å². The highest BCUT2D eigenvalue weighted by Gasteiger charge is 2.10. The van der Waals surface area contributed by atoms with Crippen molar-refractivity contribution in [3.05, 3.63) is 131 Å². The molecule has 0 fully saturated rings. The fourth-order valence-corrected chi connectivity index (χ4v) is 3.41. The van der Waals surface area contributed by atoms with Crippen molar-refractivity contribution in [2.24, 2.45) is 5.10 Å². The van der Waals surface area contributed by atoms with E-state index < -0.39 is 0 Å². The molecule has 0 spiro atoms. The molecule has 0 unspecified atom stereocenters. The van der Waals surface area contributed by atoms with Gasteiger partial charge in [-0.25, -0.2) is 5.43 Å². The number of ether oxygens (including phenoxy) is 1. The minimum atomic E-state index is -0.360. The molecule has 0 atom stereocenters. The van der Waals surface area contributed by atoms with Crippen molar-refractivity contribution in [3.63, 3.8) is 0 Å². The van der Waals surface area contributed by atoms with Gasteiger partial charge < -0.3 is 10.1 Å². The summed E-state index contributed by atoms with van der Waals surface area (Å²) in [5.41, 5.74) is 6.86. The number of carbonyl (C=O) groups is 2. The van der Waals surface area contributed by atoms with Gasteiger partial charge in [0, 0.05) is 22.4 Å². The van der Waals surface area contributed by atoms with Crippen LogP contribution in [-0.2, 0) is 6.61 Å². The average Bonchev–Trinajstić information content (AvgIpc) is 2.89. The zero-order valence-electron chi connectivity index (χ0n) is 19.3. The second-order valence-electron chi connectivity index (χ2n) is 7.86. The molecule has 4 aromatic rings. The van der Waals surface area contributed by atoms with Gasteiger partial charge in [0.05, 0.1) is 6.21 Å². The summed E-state index contributed by atoms with van der Waals surface area (Å²) in [7, 11) is 0. The Hall–Kier alpha value is -4.71. The summed E-state index contributed by atoms with van der Waals surface area (Å²) in [4.78, 5) is 25.0. The Kier molecular flexibility index (Phi) is 7.66. The van der Waals surface area contributed by atoms with Crippen molar-refractivity contribution in [1.29, 1.82) is 0 Å². The van der Waals surface area contributed by atoms with E-state index in [0.717, 1.165) is 16.7 Å². The molecule has 2 N–H and O–H groups in total. The Morgan fingerprint density at radius 1 is 0.800 bits per heavy atom. The molecule has 4 aromatic carbocycles. The molecule has 0 aliphatic carbocycles. The molecule has 0 bridgehead atoms. The largest absolute Gasteiger partial charge is 0.488 e. The topological polar surface area (TPSA) is 79.8 Å². The lowest BCUT2D eigenvalue weighted by molar-refractivity contribution is 0.0954. The molecule has 35 heavy (non-hydrogen) atoms. The van der Waals surface area contributed by atoms with Gasteiger partial charge in [0.1, 0.15) is 12.4 Å². The first-order chi connectivity index (χ1) is 17.1. The zero-order valence-corrected chi connectivity index (χ0v) is 19.3. The Labute approximate surface area is 204 Å². The van der Waals surface area contributed by atoms with E-state index in [2.05, 4.69) is 15.8 Å². The van der Waals surface area contributed by atoms with Crippen LogP contribution < -0.4 is 15.5 Å². The number of amides is 2. The standard InChI is InChI=1S/C29H25N3O3/c1-21-9-5-7-13-26(21)29(34)31-25-17-15-23(16-18-25)28(33)32-30-19-24-12-6-8-14-27(24)35-20-22-10-3-2-4-11-22/h2-19H,20H2,1H3,(H,31,34)(H,32,33). The molecule has 0 saturated heterocycles. The van der Waals surface area contributed by atoms with Crippen LogP contribution in [0.4, 0.5) is 5.69 Å². The summed E-state index contributed by atoms with van der Waals surface area (Å²) in [6.07, 6.45) is 1.55. The predicted molar refractivity (Wildman–Crippen MR) is 138 cm³/mol. The highest BCUT2D eigenvalue weighted by atomic mass is 16.5. The third kappa shape index (κ3) is 6.42. The molecule has 0 aliphatic rings. The predicted octanol–water partition coefficient (Wildman–Crippen LogP) is 5.59. The lowest BCUT2D eigenvalue weighted by Gasteiger charge is -2.09. The number of nitrogens with zero attached hydrogens (tertiary/aromatic N) is 1. The van der Waals surface area contributed by atoms with Gasteiger partial charge in [-0.2, -0.15) is 5.10 Å². The van der Waals surface area contributed by atoms with Gasteiger partial charge in [-0.05, 0) is 60.5 Å². The van der Waals surface area contributed by atoms with E-state index in [-0.39, 0.29) is 11.8 Å². The molecule has 0 radical (unpaired) electrons. The number of benzene rings is 4. The second kappa shape index (κ2) is 11.4. The van der Waals surface area contributed by atoms with Crippen molar-refractivity contribution in [2.45, 2.75) is 13.5 Å². The van der Waals surface area contributed by atoms with Crippen LogP contribution in [0, 0.1) is 6.92 Å². The molecule has 6 heteroatoms. The maximum atomic E-state index is 12.5. The van der Waals surface area contributed by atoms with Gasteiger partial charge >= 0.3 is 0 Å². The molecular weight excluding hydrogens is 438 g/mol. The molecular formula is C29H25N3O3. The van der Waals surface area contributed by atoms with Crippen LogP contribution in [0.15, 0.2) is 108 Å². The van der Waals surface area contributed by atoms with E-state index in [4.69, 9.17) is 4.74 Å². The lowest BCUT2D eigenvalue weighted by Crippen LogP contribution is -2.18. The van der Waals surface area contributed by atoms with Crippen molar-refractivity contribution >= 4 is 23.7 Å². The maximum Gasteiger partial charge on any atom is 0.271 e. The minimum absolute atomic E-state index is 0.196. The maximum absolute atomic E-state index is 12.5. The molecule has 0 aliphatic heterocycles. The number of anilines is 1. The second-order valence-corrected chi connectivity index (χ2v) is 7.86. The van der Waals surface area contributed by atoms with Gasteiger partial charge in [0.2, 0.25) is 0 Å². The Morgan fingerprint density at radius 3 is 2.26 bits per heavy atom. The van der Waals surface area contributed by atoms with E-state index in [1.165, 1.54) is 0 Å². The molecule has 6 nitrogen and oxygen atoms in total. The third-order valence-electron chi connectivity index (χ3n) is 5.32. The van der Waals surface area contributed by atoms with Crippen LogP contribution in [0.2, 0.25) is 0 Å². The number of rotatable bonds is 8. The zero-order chi connectivity index (χ0) is 24.5. The molecule has 0 heterocycles. The third-order valence-corrected chi connectivity index (χ3v) is 5.32. The summed E-state index contributed by atoms with van der Waals surface area (Å²) >= 11 is 0. The van der Waals surface area contributed by atoms with E-state index in [1.807, 2.05) is 79.7 Å². The summed E-state index contributed by atoms with van der Waals surface area (Å²) in [5, 5.41) is 6.93. The first kappa shape index (κ1) is 23.4. The number of aryl methyl sites for hydroxylation is 1. The summed E-state index contributed by atoms with van der Waals surface area (Å²) in [6.45, 7) is 2.32. The Bertz CT molecular complexity index is 1330. The van der Waals surface area contributed by atoms with Crippen LogP contribution in [0.1, 0.15) is 37.4 Å². The average molecular weight is 464 g/mol. The molecule has 2 amide bonds. The SMILES string of the molecule is Cc1ccccc1C(=O)Nc1ccc(C(=O)NN=Cc2ccccc2OCc2ccccc2)cc1. The smallest absolute Gasteiger partial charge is 0.271 e. The summed E-state index contributed by atoms with van der Waals surface area (Å²) in [6, 6.07) is 31.4. The number of hydrogen-bond donors (Lipinski definition) is 2. The fourth-order valence-electron chi connectivity index (χ4n) is 3.41. The summed E-state index contributed by atoms with van der Waals surface area (Å²) < 4.78 is 5.91. The van der Waals surface area contributed by atoms with Gasteiger partial charge in [-0.15, -0.1) is 0 Å². The van der Waals surface area contributed by atoms with Gasteiger partial charge in [0.15, 0.2) is 0 Å². The minimum Gasteiger partial charge on any atom is -0.488 e. The van der Waals surface area contributed by atoms with Gasteiger partial charge in [0.25, 0.3) is 11.8 Å². The lowest BCUT2D eigenvalue weighted by atomic mass is 10.1. The van der Waals surface area contributed by atoms with Crippen LogP contribution in [0.3, 0.4) is 0 Å². The molecule has 174 valence electrons. The first-order valence-electron chi connectivity index (χ1n) is 11.2. The quantitative estimate of drug-likeness (QED) is 0.264. The molecule has 0 aromatic heterocycles.